The molecule has 0 fully saturated rings. The lowest BCUT2D eigenvalue weighted by Gasteiger charge is -2.11. The fraction of sp³-hybridized carbons (Fsp3) is 0.241. The average molecular weight is 627 g/mol. The first-order valence-electron chi connectivity index (χ1n) is 12.0. The molecule has 36 heavy (non-hydrogen) atoms. The van der Waals surface area contributed by atoms with Crippen LogP contribution in [-0.4, -0.2) is 9.97 Å². The quantitative estimate of drug-likeness (QED) is 0.203. The van der Waals surface area contributed by atoms with Crippen molar-refractivity contribution < 1.29 is 0 Å². The zero-order valence-electron chi connectivity index (χ0n) is 20.0. The molecule has 0 saturated heterocycles. The number of nitrogen functional groups attached to an aromatic ring is 2. The van der Waals surface area contributed by atoms with Gasteiger partial charge in [0.2, 0.25) is 0 Å². The number of nitrogens with two attached hydrogens (primary N) is 2. The van der Waals surface area contributed by atoms with E-state index in [0.29, 0.717) is 10.7 Å². The fourth-order valence-corrected chi connectivity index (χ4v) is 5.97. The van der Waals surface area contributed by atoms with E-state index in [9.17, 15) is 0 Å². The molecule has 0 aliphatic heterocycles. The molecule has 4 N–H and O–H groups in total. The van der Waals surface area contributed by atoms with Crippen LogP contribution < -0.4 is 11.5 Å². The van der Waals surface area contributed by atoms with Gasteiger partial charge >= 0.3 is 0 Å². The van der Waals surface area contributed by atoms with Crippen LogP contribution >= 0.6 is 43.5 Å². The molecular formula is C29H27Br2ClN4. The van der Waals surface area contributed by atoms with Crippen molar-refractivity contribution in [3.05, 3.63) is 113 Å². The maximum absolute atomic E-state index is 6.21. The lowest BCUT2D eigenvalue weighted by Crippen LogP contribution is -2.01. The Morgan fingerprint density at radius 1 is 0.722 bits per heavy atom. The van der Waals surface area contributed by atoms with Crippen LogP contribution in [0.2, 0.25) is 5.02 Å². The van der Waals surface area contributed by atoms with Gasteiger partial charge in [0.05, 0.1) is 10.7 Å². The molecule has 0 bridgehead atoms. The van der Waals surface area contributed by atoms with Gasteiger partial charge in [-0.3, -0.25) is 9.97 Å². The average Bonchev–Trinajstić information content (AvgIpc) is 3.14. The van der Waals surface area contributed by atoms with E-state index in [1.807, 2.05) is 24.5 Å². The molecule has 0 spiro atoms. The van der Waals surface area contributed by atoms with Gasteiger partial charge in [-0.05, 0) is 128 Å². The Kier molecular flexibility index (Phi) is 7.38. The molecule has 2 aromatic carbocycles. The minimum absolute atomic E-state index is 0.647. The van der Waals surface area contributed by atoms with E-state index in [0.717, 1.165) is 58.9 Å². The summed E-state index contributed by atoms with van der Waals surface area (Å²) in [6.45, 7) is 2.07. The third-order valence-electron chi connectivity index (χ3n) is 7.07. The number of anilines is 2. The van der Waals surface area contributed by atoms with Crippen LogP contribution in [0, 0.1) is 6.92 Å². The molecular weight excluding hydrogens is 600 g/mol. The summed E-state index contributed by atoms with van der Waals surface area (Å²) in [4.78, 5) is 9.05. The van der Waals surface area contributed by atoms with Crippen LogP contribution in [-0.2, 0) is 38.5 Å². The van der Waals surface area contributed by atoms with E-state index in [1.165, 1.54) is 44.6 Å². The molecule has 184 valence electrons. The van der Waals surface area contributed by atoms with Crippen molar-refractivity contribution in [1.29, 1.82) is 0 Å². The molecule has 0 saturated carbocycles. The minimum atomic E-state index is 0.647. The Morgan fingerprint density at radius 2 is 1.31 bits per heavy atom. The van der Waals surface area contributed by atoms with Crippen molar-refractivity contribution in [2.75, 3.05) is 11.5 Å². The highest BCUT2D eigenvalue weighted by Gasteiger charge is 2.18. The lowest BCUT2D eigenvalue weighted by atomic mass is 9.98. The van der Waals surface area contributed by atoms with Gasteiger partial charge in [-0.1, -0.05) is 23.7 Å². The molecule has 4 nitrogen and oxygen atoms in total. The highest BCUT2D eigenvalue weighted by molar-refractivity contribution is 9.10. The molecule has 0 radical (unpaired) electrons. The van der Waals surface area contributed by atoms with E-state index < -0.39 is 0 Å². The second kappa shape index (κ2) is 10.5. The van der Waals surface area contributed by atoms with Gasteiger partial charge in [-0.2, -0.15) is 0 Å². The molecule has 7 heteroatoms. The number of nitrogens with zero attached hydrogens (tertiary/aromatic N) is 2. The number of pyridine rings is 2. The second-order valence-corrected chi connectivity index (χ2v) is 11.7. The summed E-state index contributed by atoms with van der Waals surface area (Å²) in [5.41, 5.74) is 25.0. The van der Waals surface area contributed by atoms with E-state index in [-0.39, 0.29) is 0 Å². The zero-order valence-corrected chi connectivity index (χ0v) is 24.0. The van der Waals surface area contributed by atoms with Crippen LogP contribution in [0.1, 0.15) is 50.3 Å². The molecule has 0 amide bonds. The first kappa shape index (κ1) is 25.2. The number of aryl methyl sites for hydroxylation is 4. The number of hydrogen-bond donors (Lipinski definition) is 2. The largest absolute Gasteiger partial charge is 0.398 e. The normalized spacial score (nSPS) is 13.7. The van der Waals surface area contributed by atoms with Crippen molar-refractivity contribution in [2.24, 2.45) is 0 Å². The maximum atomic E-state index is 6.21. The van der Waals surface area contributed by atoms with Crippen molar-refractivity contribution >= 4 is 54.8 Å². The first-order chi connectivity index (χ1) is 17.3. The van der Waals surface area contributed by atoms with Crippen molar-refractivity contribution in [1.82, 2.24) is 9.97 Å². The van der Waals surface area contributed by atoms with Crippen LogP contribution in [0.3, 0.4) is 0 Å². The van der Waals surface area contributed by atoms with E-state index in [4.69, 9.17) is 23.1 Å². The standard InChI is InChI=1S/C15H15BrN2.C14H12BrClN2/c1-9-2-3-10-7-14-11(6-12(16)8-18-14)4-5-13(10)15(9)17;15-11-3-9-2-1-8-4-12(16)13(17)5-10(8)6-14(9)18-7-11/h2-3,6,8H,4-5,7,17H2,1H3;3-5,7H,1-2,6,17H2. The first-order valence-corrected chi connectivity index (χ1v) is 13.9. The van der Waals surface area contributed by atoms with Gasteiger partial charge < -0.3 is 11.5 Å². The van der Waals surface area contributed by atoms with Crippen LogP contribution in [0.5, 0.6) is 0 Å². The maximum Gasteiger partial charge on any atom is 0.0638 e. The molecule has 2 aliphatic rings. The van der Waals surface area contributed by atoms with Crippen molar-refractivity contribution in [2.45, 2.75) is 45.4 Å². The van der Waals surface area contributed by atoms with Crippen LogP contribution in [0.4, 0.5) is 11.4 Å². The lowest BCUT2D eigenvalue weighted by molar-refractivity contribution is 0.949. The van der Waals surface area contributed by atoms with Crippen LogP contribution in [0.15, 0.2) is 57.7 Å². The Hall–Kier alpha value is -2.41. The van der Waals surface area contributed by atoms with E-state index in [2.05, 4.69) is 73.0 Å². The number of aromatic nitrogens is 2. The van der Waals surface area contributed by atoms with Gasteiger partial charge in [-0.25, -0.2) is 0 Å². The third kappa shape index (κ3) is 5.31. The summed E-state index contributed by atoms with van der Waals surface area (Å²) in [5, 5.41) is 0.647. The van der Waals surface area contributed by atoms with E-state index >= 15 is 0 Å². The number of halogens is 3. The Bertz CT molecular complexity index is 1460. The number of benzene rings is 2. The monoisotopic (exact) mass is 624 g/mol. The second-order valence-electron chi connectivity index (χ2n) is 9.45. The Balaban J connectivity index is 0.000000148. The summed E-state index contributed by atoms with van der Waals surface area (Å²) in [6, 6.07) is 12.6. The number of rotatable bonds is 0. The summed E-state index contributed by atoms with van der Waals surface area (Å²) >= 11 is 13.0. The third-order valence-corrected chi connectivity index (χ3v) is 8.26. The predicted molar refractivity (Wildman–Crippen MR) is 156 cm³/mol. The molecule has 6 rings (SSSR count). The topological polar surface area (TPSA) is 77.8 Å². The molecule has 2 aliphatic carbocycles. The summed E-state index contributed by atoms with van der Waals surface area (Å²) in [7, 11) is 0. The minimum Gasteiger partial charge on any atom is -0.398 e. The van der Waals surface area contributed by atoms with Gasteiger partial charge in [-0.15, -0.1) is 0 Å². The van der Waals surface area contributed by atoms with Gasteiger partial charge in [0.1, 0.15) is 0 Å². The Morgan fingerprint density at radius 3 is 1.97 bits per heavy atom. The number of fused-ring (bicyclic) bond motifs is 4. The highest BCUT2D eigenvalue weighted by atomic mass is 79.9. The smallest absolute Gasteiger partial charge is 0.0638 e. The zero-order chi connectivity index (χ0) is 25.4. The van der Waals surface area contributed by atoms with Crippen molar-refractivity contribution in [3.63, 3.8) is 0 Å². The van der Waals surface area contributed by atoms with Gasteiger partial charge in [0.15, 0.2) is 0 Å². The van der Waals surface area contributed by atoms with Gasteiger partial charge in [0, 0.05) is 51.3 Å². The molecule has 4 aromatic rings. The SMILES string of the molecule is Cc1ccc2c(c1N)CCc1cc(Br)cnc1C2.Nc1cc2c(cc1Cl)CCc1cc(Br)cnc1C2. The molecule has 0 unspecified atom stereocenters. The van der Waals surface area contributed by atoms with Gasteiger partial charge in [0.25, 0.3) is 0 Å². The summed E-state index contributed by atoms with van der Waals surface area (Å²) in [6.07, 6.45) is 9.46. The summed E-state index contributed by atoms with van der Waals surface area (Å²) in [5.74, 6) is 0. The molecule has 0 atom stereocenters. The van der Waals surface area contributed by atoms with Crippen LogP contribution in [0.25, 0.3) is 0 Å². The number of hydrogen-bond acceptors (Lipinski definition) is 4. The Labute approximate surface area is 233 Å². The molecule has 2 heterocycles. The fourth-order valence-electron chi connectivity index (χ4n) is 5.02. The van der Waals surface area contributed by atoms with Crippen molar-refractivity contribution in [3.8, 4) is 0 Å². The highest BCUT2D eigenvalue weighted by Crippen LogP contribution is 2.31. The predicted octanol–water partition coefficient (Wildman–Crippen LogP) is 7.19. The summed E-state index contributed by atoms with van der Waals surface area (Å²) < 4.78 is 2.08. The van der Waals surface area contributed by atoms with E-state index in [1.54, 1.807) is 0 Å². The molecule has 2 aromatic heterocycles.